The zero-order valence-corrected chi connectivity index (χ0v) is 22.0. The lowest BCUT2D eigenvalue weighted by Crippen LogP contribution is -2.49. The minimum atomic E-state index is -4.85. The third-order valence-corrected chi connectivity index (χ3v) is 9.19. The van der Waals surface area contributed by atoms with Crippen molar-refractivity contribution in [2.75, 3.05) is 7.05 Å². The summed E-state index contributed by atoms with van der Waals surface area (Å²) in [5, 5.41) is 22.6. The van der Waals surface area contributed by atoms with E-state index in [4.69, 9.17) is 6.57 Å². The number of ether oxygens (including phenoxy) is 1. The molecule has 0 bridgehead atoms. The molecule has 1 aliphatic rings. The lowest BCUT2D eigenvalue weighted by atomic mass is 9.88. The van der Waals surface area contributed by atoms with Gasteiger partial charge in [-0.15, -0.1) is 13.2 Å². The smallest absolute Gasteiger partial charge is 0.406 e. The molecule has 2 N–H and O–H groups in total. The summed E-state index contributed by atoms with van der Waals surface area (Å²) >= 11 is 0. The third kappa shape index (κ3) is 5.09. The Labute approximate surface area is 228 Å². The molecule has 1 aliphatic carbocycles. The molecule has 8 nitrogen and oxygen atoms in total. The molecular formula is C28H24F3N5O3S. The number of alkyl halides is 3. The molecule has 0 aliphatic heterocycles. The average molecular weight is 568 g/mol. The Morgan fingerprint density at radius 1 is 1.12 bits per heavy atom. The number of aliphatic hydroxyl groups excluding tert-OH is 1. The molecule has 1 heterocycles. The number of nitrogens with zero attached hydrogens (tertiary/aromatic N) is 4. The fraction of sp³-hybridized carbons (Fsp3) is 0.286. The van der Waals surface area contributed by atoms with Crippen LogP contribution in [0, 0.1) is 17.9 Å². The van der Waals surface area contributed by atoms with Gasteiger partial charge in [0.2, 0.25) is 0 Å². The predicted molar refractivity (Wildman–Crippen MR) is 144 cm³/mol. The highest BCUT2D eigenvalue weighted by Crippen LogP contribution is 2.40. The summed E-state index contributed by atoms with van der Waals surface area (Å²) in [5.41, 5.74) is 2.51. The highest BCUT2D eigenvalue weighted by Gasteiger charge is 2.37. The second kappa shape index (κ2) is 10.5. The highest BCUT2D eigenvalue weighted by molar-refractivity contribution is 7.91. The van der Waals surface area contributed by atoms with Gasteiger partial charge in [0, 0.05) is 29.5 Å². The molecule has 4 aromatic rings. The van der Waals surface area contributed by atoms with Crippen molar-refractivity contribution >= 4 is 37.4 Å². The summed E-state index contributed by atoms with van der Waals surface area (Å²) in [6.45, 7) is 7.41. The van der Waals surface area contributed by atoms with Gasteiger partial charge in [-0.1, -0.05) is 6.07 Å². The van der Waals surface area contributed by atoms with Crippen molar-refractivity contribution < 1.29 is 27.2 Å². The topological polar surface area (TPSA) is 104 Å². The van der Waals surface area contributed by atoms with Crippen LogP contribution >= 0.6 is 0 Å². The van der Waals surface area contributed by atoms with Crippen LogP contribution in [0.2, 0.25) is 0 Å². The van der Waals surface area contributed by atoms with Gasteiger partial charge in [0.05, 0.1) is 35.2 Å². The zero-order chi connectivity index (χ0) is 28.7. The van der Waals surface area contributed by atoms with Crippen LogP contribution in [0.4, 0.5) is 18.9 Å². The van der Waals surface area contributed by atoms with Crippen molar-refractivity contribution in [1.82, 2.24) is 9.29 Å². The third-order valence-electron chi connectivity index (χ3n) is 7.14. The lowest BCUT2D eigenvalue weighted by molar-refractivity contribution is -0.274. The Kier molecular flexibility index (Phi) is 7.19. The maximum Gasteiger partial charge on any atom is 0.573 e. The first-order chi connectivity index (χ1) is 19.1. The minimum Gasteiger partial charge on any atom is -0.406 e. The van der Waals surface area contributed by atoms with E-state index in [-0.39, 0.29) is 4.90 Å². The predicted octanol–water partition coefficient (Wildman–Crippen LogP) is 6.23. The number of aromatic nitrogens is 1. The zero-order valence-electron chi connectivity index (χ0n) is 21.2. The maximum atomic E-state index is 13.8. The molecule has 0 saturated heterocycles. The van der Waals surface area contributed by atoms with E-state index in [1.165, 1.54) is 19.2 Å². The van der Waals surface area contributed by atoms with Crippen LogP contribution in [0.5, 0.6) is 5.75 Å². The van der Waals surface area contributed by atoms with E-state index < -0.39 is 40.2 Å². The van der Waals surface area contributed by atoms with Gasteiger partial charge in [-0.05, 0) is 79.2 Å². The van der Waals surface area contributed by atoms with Crippen molar-refractivity contribution in [3.05, 3.63) is 77.6 Å². The standard InChI is InChI=1S/C28H24F3N5O3S/c1-33-18-7-13-25-22(15-18)21-14-17(16-32)6-12-24(21)36(25)26-5-3-4-23(27(26)37)35-40(38,34-2)20-10-8-19(9-11-20)39-28(29,30)31/h6-15,23,26-27,37H,3-5H2,2H3,(H,34,35,38). The van der Waals surface area contributed by atoms with Crippen molar-refractivity contribution in [2.24, 2.45) is 4.36 Å². The van der Waals surface area contributed by atoms with Gasteiger partial charge in [0.15, 0.2) is 5.69 Å². The van der Waals surface area contributed by atoms with E-state index >= 15 is 0 Å². The van der Waals surface area contributed by atoms with E-state index in [2.05, 4.69) is 24.7 Å². The van der Waals surface area contributed by atoms with Crippen LogP contribution < -0.4 is 9.46 Å². The largest absolute Gasteiger partial charge is 0.573 e. The monoisotopic (exact) mass is 567 g/mol. The van der Waals surface area contributed by atoms with E-state index in [0.717, 1.165) is 33.9 Å². The lowest BCUT2D eigenvalue weighted by Gasteiger charge is -2.37. The maximum absolute atomic E-state index is 13.8. The molecule has 0 amide bonds. The van der Waals surface area contributed by atoms with Crippen LogP contribution in [0.3, 0.4) is 0 Å². The van der Waals surface area contributed by atoms with E-state index in [0.29, 0.717) is 30.5 Å². The summed E-state index contributed by atoms with van der Waals surface area (Å²) < 4.78 is 64.4. The average Bonchev–Trinajstić information content (AvgIpc) is 3.26. The number of nitriles is 1. The molecule has 40 heavy (non-hydrogen) atoms. The fourth-order valence-corrected chi connectivity index (χ4v) is 6.99. The van der Waals surface area contributed by atoms with Crippen LogP contribution in [-0.4, -0.2) is 39.4 Å². The first-order valence-corrected chi connectivity index (χ1v) is 13.9. The normalized spacial score (nSPS) is 20.9. The Hall–Kier alpha value is -4.10. The van der Waals surface area contributed by atoms with Crippen LogP contribution in [0.1, 0.15) is 30.9 Å². The number of nitrogens with one attached hydrogen (secondary N) is 1. The highest BCUT2D eigenvalue weighted by atomic mass is 32.2. The molecule has 5 rings (SSSR count). The van der Waals surface area contributed by atoms with Crippen LogP contribution in [0.15, 0.2) is 69.9 Å². The number of benzene rings is 3. The summed E-state index contributed by atoms with van der Waals surface area (Å²) in [6.07, 6.45) is -4.04. The fourth-order valence-electron chi connectivity index (χ4n) is 5.36. The quantitative estimate of drug-likeness (QED) is 0.279. The van der Waals surface area contributed by atoms with E-state index in [1.807, 2.05) is 16.7 Å². The number of hydrogen-bond donors (Lipinski definition) is 2. The second-order valence-corrected chi connectivity index (χ2v) is 11.6. The van der Waals surface area contributed by atoms with Crippen molar-refractivity contribution in [2.45, 2.75) is 48.7 Å². The van der Waals surface area contributed by atoms with Crippen LogP contribution in [-0.2, 0) is 9.92 Å². The number of fused-ring (bicyclic) bond motifs is 3. The molecule has 1 saturated carbocycles. The summed E-state index contributed by atoms with van der Waals surface area (Å²) in [5.74, 6) is -0.445. The number of aliphatic hydroxyl groups is 1. The molecule has 4 atom stereocenters. The van der Waals surface area contributed by atoms with Gasteiger partial charge >= 0.3 is 6.36 Å². The Balaban J connectivity index is 1.50. The Morgan fingerprint density at radius 3 is 2.42 bits per heavy atom. The molecule has 4 unspecified atom stereocenters. The molecule has 1 fully saturated rings. The summed E-state index contributed by atoms with van der Waals surface area (Å²) in [4.78, 5) is 3.69. The number of hydrogen-bond acceptors (Lipinski definition) is 5. The SMILES string of the molecule is [C-]#[N+]c1ccc2c(c1)c1cc(C#N)ccc1n2C1CCCC(NS(=O)(=NC)c2ccc(OC(F)(F)F)cc2)C1O. The Bertz CT molecular complexity index is 1720. The first kappa shape index (κ1) is 27.5. The van der Waals surface area contributed by atoms with Gasteiger partial charge in [-0.25, -0.2) is 18.1 Å². The first-order valence-electron chi connectivity index (χ1n) is 12.4. The van der Waals surface area contributed by atoms with Gasteiger partial charge in [0.25, 0.3) is 0 Å². The molecule has 0 radical (unpaired) electrons. The molecule has 3 aromatic carbocycles. The van der Waals surface area contributed by atoms with Crippen molar-refractivity contribution in [3.63, 3.8) is 0 Å². The second-order valence-electron chi connectivity index (χ2n) is 9.47. The van der Waals surface area contributed by atoms with E-state index in [1.54, 1.807) is 24.3 Å². The molecule has 12 heteroatoms. The summed E-state index contributed by atoms with van der Waals surface area (Å²) in [6, 6.07) is 16.3. The molecule has 1 aromatic heterocycles. The summed E-state index contributed by atoms with van der Waals surface area (Å²) in [7, 11) is -1.95. The number of halogens is 3. The van der Waals surface area contributed by atoms with Gasteiger partial charge in [-0.2, -0.15) is 5.26 Å². The molecule has 206 valence electrons. The van der Waals surface area contributed by atoms with E-state index in [9.17, 15) is 27.7 Å². The minimum absolute atomic E-state index is 0.159. The van der Waals surface area contributed by atoms with Gasteiger partial charge < -0.3 is 14.4 Å². The number of rotatable bonds is 5. The van der Waals surface area contributed by atoms with Crippen molar-refractivity contribution in [1.29, 1.82) is 5.26 Å². The molecule has 0 spiro atoms. The van der Waals surface area contributed by atoms with Crippen molar-refractivity contribution in [3.8, 4) is 11.8 Å². The van der Waals surface area contributed by atoms with Gasteiger partial charge in [-0.3, -0.25) is 0 Å². The van der Waals surface area contributed by atoms with Crippen LogP contribution in [0.25, 0.3) is 26.7 Å². The molecular weight excluding hydrogens is 543 g/mol. The van der Waals surface area contributed by atoms with Gasteiger partial charge in [0.1, 0.15) is 15.7 Å². The Morgan fingerprint density at radius 2 is 1.80 bits per heavy atom.